The SMILES string of the molecule is CC1CCc2ccccc2N1C(=O)COC(=O)c1ccc(F)cc1Cl. The highest BCUT2D eigenvalue weighted by Gasteiger charge is 2.28. The van der Waals surface area contributed by atoms with Gasteiger partial charge < -0.3 is 9.64 Å². The predicted octanol–water partition coefficient (Wildman–Crippen LogP) is 4.00. The Kier molecular flexibility index (Phi) is 5.04. The molecule has 2 aromatic carbocycles. The van der Waals surface area contributed by atoms with Gasteiger partial charge in [-0.1, -0.05) is 29.8 Å². The van der Waals surface area contributed by atoms with E-state index in [2.05, 4.69) is 0 Å². The number of ether oxygens (including phenoxy) is 1. The summed E-state index contributed by atoms with van der Waals surface area (Å²) in [6.07, 6.45) is 1.76. The lowest BCUT2D eigenvalue weighted by Gasteiger charge is -2.35. The van der Waals surface area contributed by atoms with Crippen molar-refractivity contribution >= 4 is 29.2 Å². The van der Waals surface area contributed by atoms with E-state index in [1.54, 1.807) is 4.90 Å². The first kappa shape index (κ1) is 17.4. The van der Waals surface area contributed by atoms with Gasteiger partial charge in [0, 0.05) is 11.7 Å². The molecule has 1 amide bonds. The number of carbonyl (C=O) groups is 2. The summed E-state index contributed by atoms with van der Waals surface area (Å²) >= 11 is 5.84. The van der Waals surface area contributed by atoms with Crippen LogP contribution in [-0.4, -0.2) is 24.5 Å². The number of halogens is 2. The van der Waals surface area contributed by atoms with E-state index in [1.807, 2.05) is 31.2 Å². The number of esters is 1. The average molecular weight is 362 g/mol. The molecular weight excluding hydrogens is 345 g/mol. The Morgan fingerprint density at radius 3 is 2.80 bits per heavy atom. The van der Waals surface area contributed by atoms with Gasteiger partial charge in [0.2, 0.25) is 0 Å². The number of amides is 1. The first-order valence-electron chi connectivity index (χ1n) is 7.99. The molecule has 1 atom stereocenters. The van der Waals surface area contributed by atoms with Crippen molar-refractivity contribution in [3.05, 3.63) is 64.4 Å². The molecule has 4 nitrogen and oxygen atoms in total. The van der Waals surface area contributed by atoms with Gasteiger partial charge >= 0.3 is 5.97 Å². The first-order chi connectivity index (χ1) is 12.0. The zero-order chi connectivity index (χ0) is 18.0. The molecule has 0 aliphatic carbocycles. The highest BCUT2D eigenvalue weighted by atomic mass is 35.5. The third-order valence-electron chi connectivity index (χ3n) is 4.27. The molecule has 6 heteroatoms. The monoisotopic (exact) mass is 361 g/mol. The summed E-state index contributed by atoms with van der Waals surface area (Å²) in [5.41, 5.74) is 1.98. The Balaban J connectivity index is 1.71. The number of hydrogen-bond acceptors (Lipinski definition) is 3. The third kappa shape index (κ3) is 3.66. The number of carbonyl (C=O) groups excluding carboxylic acids is 2. The van der Waals surface area contributed by atoms with Crippen LogP contribution in [0.15, 0.2) is 42.5 Å². The van der Waals surface area contributed by atoms with Crippen molar-refractivity contribution in [2.75, 3.05) is 11.5 Å². The van der Waals surface area contributed by atoms with Gasteiger partial charge in [-0.05, 0) is 49.6 Å². The molecule has 0 saturated carbocycles. The largest absolute Gasteiger partial charge is 0.452 e. The number of aryl methyl sites for hydroxylation is 1. The molecule has 3 rings (SSSR count). The number of nitrogens with zero attached hydrogens (tertiary/aromatic N) is 1. The van der Waals surface area contributed by atoms with Crippen LogP contribution in [0, 0.1) is 5.82 Å². The molecule has 1 aliphatic rings. The summed E-state index contributed by atoms with van der Waals surface area (Å²) < 4.78 is 18.1. The molecule has 1 aliphatic heterocycles. The standard InChI is InChI=1S/C19H17ClFNO3/c1-12-6-7-13-4-2-3-5-17(13)22(12)18(23)11-25-19(24)15-9-8-14(21)10-16(15)20/h2-5,8-10,12H,6-7,11H2,1H3. The van der Waals surface area contributed by atoms with Gasteiger partial charge in [-0.2, -0.15) is 0 Å². The van der Waals surface area contributed by atoms with Crippen LogP contribution in [-0.2, 0) is 16.0 Å². The van der Waals surface area contributed by atoms with E-state index in [4.69, 9.17) is 16.3 Å². The normalized spacial score (nSPS) is 16.3. The van der Waals surface area contributed by atoms with Gasteiger partial charge in [0.25, 0.3) is 5.91 Å². The number of anilines is 1. The Labute approximate surface area is 150 Å². The van der Waals surface area contributed by atoms with E-state index in [0.717, 1.165) is 36.2 Å². The summed E-state index contributed by atoms with van der Waals surface area (Å²) in [4.78, 5) is 26.4. The number of hydrogen-bond donors (Lipinski definition) is 0. The maximum Gasteiger partial charge on any atom is 0.340 e. The second kappa shape index (κ2) is 7.23. The van der Waals surface area contributed by atoms with E-state index in [1.165, 1.54) is 6.07 Å². The first-order valence-corrected chi connectivity index (χ1v) is 8.37. The molecule has 0 saturated heterocycles. The van der Waals surface area contributed by atoms with Crippen molar-refractivity contribution < 1.29 is 18.7 Å². The highest BCUT2D eigenvalue weighted by Crippen LogP contribution is 2.30. The van der Waals surface area contributed by atoms with Crippen LogP contribution in [0.3, 0.4) is 0 Å². The number of benzene rings is 2. The fourth-order valence-corrected chi connectivity index (χ4v) is 3.24. The maximum absolute atomic E-state index is 13.1. The van der Waals surface area contributed by atoms with Crippen molar-refractivity contribution in [3.8, 4) is 0 Å². The van der Waals surface area contributed by atoms with Crippen LogP contribution in [0.5, 0.6) is 0 Å². The van der Waals surface area contributed by atoms with E-state index >= 15 is 0 Å². The van der Waals surface area contributed by atoms with Crippen molar-refractivity contribution in [3.63, 3.8) is 0 Å². The van der Waals surface area contributed by atoms with E-state index < -0.39 is 18.4 Å². The van der Waals surface area contributed by atoms with Gasteiger partial charge in [0.1, 0.15) is 5.82 Å². The number of fused-ring (bicyclic) bond motifs is 1. The summed E-state index contributed by atoms with van der Waals surface area (Å²) in [6.45, 7) is 1.57. The van der Waals surface area contributed by atoms with Crippen LogP contribution < -0.4 is 4.90 Å². The average Bonchev–Trinajstić information content (AvgIpc) is 2.59. The zero-order valence-corrected chi connectivity index (χ0v) is 14.4. The Hall–Kier alpha value is -2.40. The van der Waals surface area contributed by atoms with Crippen molar-refractivity contribution in [2.24, 2.45) is 0 Å². The Morgan fingerprint density at radius 1 is 1.28 bits per heavy atom. The van der Waals surface area contributed by atoms with Crippen LogP contribution in [0.1, 0.15) is 29.3 Å². The molecular formula is C19H17ClFNO3. The summed E-state index contributed by atoms with van der Waals surface area (Å²) in [5.74, 6) is -1.60. The molecule has 0 aromatic heterocycles. The van der Waals surface area contributed by atoms with E-state index in [-0.39, 0.29) is 22.5 Å². The lowest BCUT2D eigenvalue weighted by molar-refractivity contribution is -0.122. The number of rotatable bonds is 3. The molecule has 0 N–H and O–H groups in total. The molecule has 0 fully saturated rings. The highest BCUT2D eigenvalue weighted by molar-refractivity contribution is 6.33. The minimum absolute atomic E-state index is 0.0236. The second-order valence-corrected chi connectivity index (χ2v) is 6.39. The van der Waals surface area contributed by atoms with Crippen molar-refractivity contribution in [1.29, 1.82) is 0 Å². The van der Waals surface area contributed by atoms with Gasteiger partial charge in [-0.25, -0.2) is 9.18 Å². The smallest absolute Gasteiger partial charge is 0.340 e. The lowest BCUT2D eigenvalue weighted by atomic mass is 9.96. The van der Waals surface area contributed by atoms with Crippen LogP contribution in [0.4, 0.5) is 10.1 Å². The van der Waals surface area contributed by atoms with Gasteiger partial charge in [-0.15, -0.1) is 0 Å². The molecule has 25 heavy (non-hydrogen) atoms. The molecule has 2 aromatic rings. The molecule has 0 spiro atoms. The summed E-state index contributed by atoms with van der Waals surface area (Å²) in [7, 11) is 0. The molecule has 130 valence electrons. The lowest BCUT2D eigenvalue weighted by Crippen LogP contribution is -2.44. The molecule has 1 heterocycles. The Morgan fingerprint density at radius 2 is 2.04 bits per heavy atom. The van der Waals surface area contributed by atoms with Gasteiger partial charge in [-0.3, -0.25) is 4.79 Å². The second-order valence-electron chi connectivity index (χ2n) is 5.98. The van der Waals surface area contributed by atoms with Crippen molar-refractivity contribution in [1.82, 2.24) is 0 Å². The molecule has 0 radical (unpaired) electrons. The minimum atomic E-state index is -0.753. The van der Waals surface area contributed by atoms with Crippen LogP contribution in [0.25, 0.3) is 0 Å². The van der Waals surface area contributed by atoms with E-state index in [9.17, 15) is 14.0 Å². The topological polar surface area (TPSA) is 46.6 Å². The van der Waals surface area contributed by atoms with Crippen LogP contribution >= 0.6 is 11.6 Å². The van der Waals surface area contributed by atoms with Gasteiger partial charge in [0.15, 0.2) is 6.61 Å². The maximum atomic E-state index is 13.1. The quantitative estimate of drug-likeness (QED) is 0.776. The third-order valence-corrected chi connectivity index (χ3v) is 4.58. The van der Waals surface area contributed by atoms with Crippen LogP contribution in [0.2, 0.25) is 5.02 Å². The minimum Gasteiger partial charge on any atom is -0.452 e. The fraction of sp³-hybridized carbons (Fsp3) is 0.263. The summed E-state index contributed by atoms with van der Waals surface area (Å²) in [6, 6.07) is 11.1. The van der Waals surface area contributed by atoms with Crippen molar-refractivity contribution in [2.45, 2.75) is 25.8 Å². The fourth-order valence-electron chi connectivity index (χ4n) is 3.00. The predicted molar refractivity (Wildman–Crippen MR) is 93.4 cm³/mol. The molecule has 1 unspecified atom stereocenters. The number of para-hydroxylation sites is 1. The van der Waals surface area contributed by atoms with Gasteiger partial charge in [0.05, 0.1) is 10.6 Å². The van der Waals surface area contributed by atoms with E-state index in [0.29, 0.717) is 0 Å². The zero-order valence-electron chi connectivity index (χ0n) is 13.7. The summed E-state index contributed by atoms with van der Waals surface area (Å²) in [5, 5.41) is -0.0471. The Bertz CT molecular complexity index is 824. The molecule has 0 bridgehead atoms.